The molecule has 0 aliphatic carbocycles. The second-order valence-corrected chi connectivity index (χ2v) is 8.97. The molecule has 8 nitrogen and oxygen atoms in total. The number of benzene rings is 2. The van der Waals surface area contributed by atoms with Gasteiger partial charge in [-0.25, -0.2) is 18.4 Å². The van der Waals surface area contributed by atoms with Gasteiger partial charge in [-0.2, -0.15) is 0 Å². The second-order valence-electron chi connectivity index (χ2n) is 7.22. The van der Waals surface area contributed by atoms with E-state index in [9.17, 15) is 8.42 Å². The van der Waals surface area contributed by atoms with E-state index in [-0.39, 0.29) is 0 Å². The van der Waals surface area contributed by atoms with E-state index in [4.69, 9.17) is 4.74 Å². The van der Waals surface area contributed by atoms with Gasteiger partial charge in [0.2, 0.25) is 10.0 Å². The summed E-state index contributed by atoms with van der Waals surface area (Å²) in [6.45, 7) is 2.53. The number of aryl methyl sites for hydroxylation is 1. The number of nitrogens with zero attached hydrogens (tertiary/aromatic N) is 3. The van der Waals surface area contributed by atoms with E-state index >= 15 is 0 Å². The van der Waals surface area contributed by atoms with Gasteiger partial charge in [0.25, 0.3) is 0 Å². The lowest BCUT2D eigenvalue weighted by Crippen LogP contribution is -2.09. The van der Waals surface area contributed by atoms with E-state index in [2.05, 4.69) is 26.1 Å². The molecule has 31 heavy (non-hydrogen) atoms. The van der Waals surface area contributed by atoms with E-state index < -0.39 is 10.0 Å². The highest BCUT2D eigenvalue weighted by molar-refractivity contribution is 7.92. The topological polar surface area (TPSA) is 97.6 Å². The Kier molecular flexibility index (Phi) is 5.51. The Hall–Kier alpha value is -3.59. The highest BCUT2D eigenvalue weighted by Crippen LogP contribution is 2.28. The Morgan fingerprint density at radius 2 is 1.87 bits per heavy atom. The molecule has 0 unspecified atom stereocenters. The van der Waals surface area contributed by atoms with Crippen molar-refractivity contribution < 1.29 is 13.2 Å². The summed E-state index contributed by atoms with van der Waals surface area (Å²) in [5.41, 5.74) is 5.29. The molecule has 0 spiro atoms. The summed E-state index contributed by atoms with van der Waals surface area (Å²) in [5.74, 6) is 1.51. The smallest absolute Gasteiger partial charge is 0.229 e. The van der Waals surface area contributed by atoms with Crippen molar-refractivity contribution in [2.75, 3.05) is 23.4 Å². The minimum atomic E-state index is -3.29. The molecule has 4 rings (SSSR count). The maximum atomic E-state index is 11.3. The summed E-state index contributed by atoms with van der Waals surface area (Å²) in [4.78, 5) is 9.00. The summed E-state index contributed by atoms with van der Waals surface area (Å²) < 4.78 is 32.5. The second kappa shape index (κ2) is 8.27. The first-order valence-electron chi connectivity index (χ1n) is 9.62. The van der Waals surface area contributed by atoms with Gasteiger partial charge in [0.1, 0.15) is 5.75 Å². The number of sulfonamides is 1. The minimum Gasteiger partial charge on any atom is -0.496 e. The van der Waals surface area contributed by atoms with E-state index in [1.807, 2.05) is 48.0 Å². The Balaban J connectivity index is 1.55. The first kappa shape index (κ1) is 20.7. The molecular formula is C22H23N5O3S. The fourth-order valence-electron chi connectivity index (χ4n) is 3.39. The first-order valence-corrected chi connectivity index (χ1v) is 11.5. The van der Waals surface area contributed by atoms with Crippen LogP contribution in [-0.2, 0) is 16.6 Å². The van der Waals surface area contributed by atoms with Gasteiger partial charge in [0, 0.05) is 30.2 Å². The third-order valence-electron chi connectivity index (χ3n) is 4.84. The molecule has 2 aromatic heterocycles. The van der Waals surface area contributed by atoms with E-state index in [0.29, 0.717) is 18.1 Å². The maximum absolute atomic E-state index is 11.3. The summed E-state index contributed by atoms with van der Waals surface area (Å²) in [6.07, 6.45) is 6.57. The van der Waals surface area contributed by atoms with Gasteiger partial charge in [-0.3, -0.25) is 9.12 Å². The molecular weight excluding hydrogens is 414 g/mol. The van der Waals surface area contributed by atoms with Gasteiger partial charge in [-0.1, -0.05) is 12.1 Å². The predicted molar refractivity (Wildman–Crippen MR) is 122 cm³/mol. The maximum Gasteiger partial charge on any atom is 0.229 e. The van der Waals surface area contributed by atoms with Crippen molar-refractivity contribution in [2.45, 2.75) is 13.5 Å². The lowest BCUT2D eigenvalue weighted by molar-refractivity contribution is 0.412. The third kappa shape index (κ3) is 4.61. The molecule has 4 aromatic rings. The molecule has 0 atom stereocenters. The molecule has 0 bridgehead atoms. The van der Waals surface area contributed by atoms with Crippen LogP contribution in [-0.4, -0.2) is 36.2 Å². The van der Waals surface area contributed by atoms with E-state index in [1.165, 1.54) is 0 Å². The van der Waals surface area contributed by atoms with Crippen molar-refractivity contribution in [3.05, 3.63) is 72.2 Å². The number of aromatic nitrogens is 3. The van der Waals surface area contributed by atoms with Gasteiger partial charge in [0.05, 0.1) is 25.3 Å². The Morgan fingerprint density at radius 1 is 1.10 bits per heavy atom. The first-order chi connectivity index (χ1) is 14.8. The molecule has 0 aliphatic heterocycles. The lowest BCUT2D eigenvalue weighted by Gasteiger charge is -2.10. The van der Waals surface area contributed by atoms with Gasteiger partial charge in [-0.05, 0) is 48.4 Å². The Morgan fingerprint density at radius 3 is 2.55 bits per heavy atom. The van der Waals surface area contributed by atoms with E-state index in [0.717, 1.165) is 40.0 Å². The van der Waals surface area contributed by atoms with Crippen LogP contribution in [0.2, 0.25) is 0 Å². The Labute approximate surface area is 181 Å². The van der Waals surface area contributed by atoms with Crippen molar-refractivity contribution in [3.8, 4) is 17.0 Å². The fraction of sp³-hybridized carbons (Fsp3) is 0.182. The molecule has 0 aliphatic rings. The molecule has 2 N–H and O–H groups in total. The molecule has 2 heterocycles. The van der Waals surface area contributed by atoms with Gasteiger partial charge in [0.15, 0.2) is 11.5 Å². The monoisotopic (exact) mass is 437 g/mol. The minimum absolute atomic E-state index is 0.523. The normalized spacial score (nSPS) is 11.5. The highest BCUT2D eigenvalue weighted by atomic mass is 32.2. The SMILES string of the molecule is COc1ccc(-c2cnc3c(NCc4ccc(NS(C)(=O)=O)cc4)nccn23)cc1C. The number of nitrogens with one attached hydrogen (secondary N) is 2. The number of ether oxygens (including phenoxy) is 1. The number of imidazole rings is 1. The summed E-state index contributed by atoms with van der Waals surface area (Å²) in [6, 6.07) is 13.2. The molecule has 0 saturated carbocycles. The van der Waals surface area contributed by atoms with Crippen LogP contribution in [0, 0.1) is 6.92 Å². The number of hydrogen-bond acceptors (Lipinski definition) is 6. The predicted octanol–water partition coefficient (Wildman–Crippen LogP) is 3.70. The van der Waals surface area contributed by atoms with Gasteiger partial charge < -0.3 is 10.1 Å². The van der Waals surface area contributed by atoms with Crippen LogP contribution in [0.15, 0.2) is 61.1 Å². The molecule has 2 aromatic carbocycles. The molecule has 0 radical (unpaired) electrons. The quantitative estimate of drug-likeness (QED) is 0.458. The standard InChI is InChI=1S/C22H23N5O3S/c1-15-12-17(6-9-20(15)30-2)19-14-25-22-21(23-10-11-27(19)22)24-13-16-4-7-18(8-5-16)26-31(3,28)29/h4-12,14,26H,13H2,1-3H3,(H,23,24). The number of hydrogen-bond donors (Lipinski definition) is 2. The average molecular weight is 438 g/mol. The van der Waals surface area contributed by atoms with Crippen LogP contribution < -0.4 is 14.8 Å². The number of anilines is 2. The summed E-state index contributed by atoms with van der Waals surface area (Å²) in [5, 5.41) is 3.31. The van der Waals surface area contributed by atoms with Gasteiger partial charge >= 0.3 is 0 Å². The van der Waals surface area contributed by atoms with Crippen LogP contribution in [0.3, 0.4) is 0 Å². The van der Waals surface area contributed by atoms with Gasteiger partial charge in [-0.15, -0.1) is 0 Å². The summed E-state index contributed by atoms with van der Waals surface area (Å²) >= 11 is 0. The molecule has 160 valence electrons. The van der Waals surface area contributed by atoms with Crippen LogP contribution in [0.5, 0.6) is 5.75 Å². The third-order valence-corrected chi connectivity index (χ3v) is 5.44. The Bertz CT molecular complexity index is 1330. The fourth-order valence-corrected chi connectivity index (χ4v) is 3.95. The van der Waals surface area contributed by atoms with Crippen molar-refractivity contribution in [1.82, 2.24) is 14.4 Å². The van der Waals surface area contributed by atoms with E-state index in [1.54, 1.807) is 25.4 Å². The number of methoxy groups -OCH3 is 1. The van der Waals surface area contributed by atoms with Crippen LogP contribution in [0.1, 0.15) is 11.1 Å². The van der Waals surface area contributed by atoms with Crippen LogP contribution in [0.4, 0.5) is 11.5 Å². The molecule has 9 heteroatoms. The zero-order chi connectivity index (χ0) is 22.0. The average Bonchev–Trinajstić information content (AvgIpc) is 3.17. The van der Waals surface area contributed by atoms with Crippen molar-refractivity contribution >= 4 is 27.2 Å². The van der Waals surface area contributed by atoms with Crippen molar-refractivity contribution in [2.24, 2.45) is 0 Å². The lowest BCUT2D eigenvalue weighted by atomic mass is 10.1. The van der Waals surface area contributed by atoms with Crippen molar-refractivity contribution in [1.29, 1.82) is 0 Å². The zero-order valence-corrected chi connectivity index (χ0v) is 18.3. The number of rotatable bonds is 7. The van der Waals surface area contributed by atoms with Crippen molar-refractivity contribution in [3.63, 3.8) is 0 Å². The number of fused-ring (bicyclic) bond motifs is 1. The van der Waals surface area contributed by atoms with Crippen LogP contribution in [0.25, 0.3) is 16.9 Å². The summed E-state index contributed by atoms with van der Waals surface area (Å²) in [7, 11) is -1.63. The zero-order valence-electron chi connectivity index (χ0n) is 17.5. The molecule has 0 fully saturated rings. The molecule has 0 saturated heterocycles. The largest absolute Gasteiger partial charge is 0.496 e. The molecule has 0 amide bonds. The highest BCUT2D eigenvalue weighted by Gasteiger charge is 2.11. The van der Waals surface area contributed by atoms with Crippen LogP contribution >= 0.6 is 0 Å².